The number of carbonyl (C=O) groups is 11. The molecule has 25 N–H and O–H groups in total. The van der Waals surface area contributed by atoms with Crippen molar-refractivity contribution < 1.29 is 68.1 Å². The molecule has 11 atom stereocenters. The molecule has 98 heavy (non-hydrogen) atoms. The number of primary amides is 2. The van der Waals surface area contributed by atoms with Gasteiger partial charge in [0.15, 0.2) is 11.9 Å². The molecule has 1 aliphatic rings. The topological polar surface area (TPSA) is 555 Å². The Hall–Kier alpha value is -10.3. The molecular weight excluding hydrogens is 1270 g/mol. The molecule has 1 fully saturated rings. The van der Waals surface area contributed by atoms with E-state index in [2.05, 4.69) is 52.5 Å². The summed E-state index contributed by atoms with van der Waals surface area (Å²) < 4.78 is 0. The molecule has 0 unspecified atom stereocenters. The van der Waals surface area contributed by atoms with Crippen LogP contribution in [0.1, 0.15) is 122 Å². The van der Waals surface area contributed by atoms with Gasteiger partial charge in [-0.3, -0.25) is 62.7 Å². The van der Waals surface area contributed by atoms with Crippen molar-refractivity contribution in [1.29, 1.82) is 0 Å². The van der Waals surface area contributed by atoms with Crippen molar-refractivity contribution >= 4 is 76.9 Å². The van der Waals surface area contributed by atoms with Crippen LogP contribution in [0.3, 0.4) is 0 Å². The first-order chi connectivity index (χ1) is 46.2. The number of nitrogens with one attached hydrogen (secondary N) is 8. The van der Waals surface area contributed by atoms with Crippen LogP contribution < -0.4 is 82.7 Å². The van der Waals surface area contributed by atoms with Gasteiger partial charge in [0.25, 0.3) is 0 Å². The molecule has 32 nitrogen and oxygen atoms in total. The van der Waals surface area contributed by atoms with Gasteiger partial charge in [-0.25, -0.2) is 0 Å². The van der Waals surface area contributed by atoms with Crippen molar-refractivity contribution in [3.63, 3.8) is 0 Å². The highest BCUT2D eigenvalue weighted by Gasteiger charge is 2.41. The summed E-state index contributed by atoms with van der Waals surface area (Å²) in [4.78, 5) is 164. The van der Waals surface area contributed by atoms with E-state index in [-0.39, 0.29) is 125 Å². The number of hydrogen-bond donors (Lipinski definition) is 18. The van der Waals surface area contributed by atoms with Crippen molar-refractivity contribution in [3.8, 4) is 17.2 Å². The number of carbonyl (C=O) groups excluding carboxylic acids is 11. The fourth-order valence-electron chi connectivity index (χ4n) is 10.9. The molecule has 1 heterocycles. The first-order valence-corrected chi connectivity index (χ1v) is 32.8. The number of rotatable bonds is 40. The number of nitrogens with zero attached hydrogens (tertiary/aromatic N) is 3. The molecule has 0 aromatic heterocycles. The van der Waals surface area contributed by atoms with Gasteiger partial charge in [0.2, 0.25) is 65.0 Å². The SMILES string of the molecule is CC[C@H](C)[C@H](NC(=O)[C@@H](N)Cc1ccc(O)cc1)C(=O)N[C@@H](CC(N)=O)C(=O)N[C@@H](CC(C)C)C(=O)N[C@@H](CC(C)C)C(=O)N[C@@H](Cc1ccc(O)cc1)C(=O)N[C@@H](CCCN=C(N)N)C(=O)N1CCC[C@H]1C(=O)N[C@@H](CCCN=C(N)N)C(=O)N[C@@H](Cc1ccc(O)cc1)C(N)=O. The Morgan fingerprint density at radius 2 is 0.888 bits per heavy atom. The molecule has 0 spiro atoms. The lowest BCUT2D eigenvalue weighted by Crippen LogP contribution is -2.61. The predicted molar refractivity (Wildman–Crippen MR) is 365 cm³/mol. The van der Waals surface area contributed by atoms with Crippen molar-refractivity contribution in [2.45, 2.75) is 185 Å². The minimum atomic E-state index is -1.67. The molecule has 1 aliphatic heterocycles. The molecule has 1 saturated heterocycles. The maximum absolute atomic E-state index is 15.0. The lowest BCUT2D eigenvalue weighted by molar-refractivity contribution is -0.142. The number of guanidine groups is 2. The Balaban J connectivity index is 1.62. The number of aliphatic imine (C=N–C) groups is 2. The highest BCUT2D eigenvalue weighted by molar-refractivity contribution is 6.00. The standard InChI is InChI=1S/C66H100N18O14/c1-7-37(6)54(83-56(90)44(67)31-38-14-20-41(85)21-15-38)63(97)82-51(34-53(68)88)61(95)80-48(29-35(2)3)58(92)79-49(30-36(4)5)59(93)81-50(33-40-18-24-43(87)25-19-40)60(94)77-46(12-9-27-75-66(72)73)64(98)84-28-10-13-52(84)62(96)76-45(11-8-26-74-65(70)71)57(91)78-47(55(69)89)32-39-16-22-42(86)23-17-39/h14-25,35-37,44-52,54,85-87H,7-13,26-34,67H2,1-6H3,(H2,68,88)(H2,69,89)(H,76,96)(H,77,94)(H,78,91)(H,79,92)(H,80,95)(H,81,93)(H,82,97)(H,83,90)(H4,70,71,74)(H4,72,73,75)/t37-,44-,45-,46-,47-,48-,49-,50-,51-,52-,54-/m0/s1. The summed E-state index contributed by atoms with van der Waals surface area (Å²) in [7, 11) is 0. The lowest BCUT2D eigenvalue weighted by atomic mass is 9.96. The van der Waals surface area contributed by atoms with Gasteiger partial charge in [-0.1, -0.05) is 84.4 Å². The summed E-state index contributed by atoms with van der Waals surface area (Å²) in [6, 6.07) is 4.10. The average Bonchev–Trinajstić information content (AvgIpc) is 1.67. The largest absolute Gasteiger partial charge is 0.508 e. The number of likely N-dealkylation sites (tertiary alicyclic amines) is 1. The number of phenolic OH excluding ortho intramolecular Hbond substituents is 3. The van der Waals surface area contributed by atoms with Gasteiger partial charge >= 0.3 is 0 Å². The molecule has 3 aromatic carbocycles. The van der Waals surface area contributed by atoms with Crippen LogP contribution in [-0.2, 0) is 72.0 Å². The highest BCUT2D eigenvalue weighted by Crippen LogP contribution is 2.22. The number of amides is 11. The first-order valence-electron chi connectivity index (χ1n) is 32.8. The monoisotopic (exact) mass is 1370 g/mol. The van der Waals surface area contributed by atoms with E-state index in [0.717, 1.165) is 0 Å². The van der Waals surface area contributed by atoms with Crippen molar-refractivity contribution in [3.05, 3.63) is 89.5 Å². The van der Waals surface area contributed by atoms with Gasteiger partial charge in [0, 0.05) is 32.5 Å². The Morgan fingerprint density at radius 1 is 0.490 bits per heavy atom. The summed E-state index contributed by atoms with van der Waals surface area (Å²) in [5, 5.41) is 51.0. The molecule has 538 valence electrons. The predicted octanol–water partition coefficient (Wildman–Crippen LogP) is -2.37. The zero-order chi connectivity index (χ0) is 72.9. The van der Waals surface area contributed by atoms with Crippen LogP contribution in [0, 0.1) is 17.8 Å². The van der Waals surface area contributed by atoms with Crippen LogP contribution in [-0.4, -0.2) is 177 Å². The van der Waals surface area contributed by atoms with Crippen molar-refractivity contribution in [1.82, 2.24) is 47.4 Å². The van der Waals surface area contributed by atoms with Gasteiger partial charge in [-0.05, 0) is 129 Å². The van der Waals surface area contributed by atoms with E-state index in [4.69, 9.17) is 40.1 Å². The fourth-order valence-corrected chi connectivity index (χ4v) is 10.9. The number of hydrogen-bond acceptors (Lipinski definition) is 17. The number of nitrogens with two attached hydrogens (primary N) is 7. The maximum Gasteiger partial charge on any atom is 0.245 e. The zero-order valence-corrected chi connectivity index (χ0v) is 56.5. The van der Waals surface area contributed by atoms with Gasteiger partial charge < -0.3 is 103 Å². The Kier molecular flexibility index (Phi) is 32.5. The van der Waals surface area contributed by atoms with Crippen molar-refractivity contribution in [2.75, 3.05) is 19.6 Å². The summed E-state index contributed by atoms with van der Waals surface area (Å²) >= 11 is 0. The summed E-state index contributed by atoms with van der Waals surface area (Å²) in [5.74, 6) is -11.0. The maximum atomic E-state index is 15.0. The van der Waals surface area contributed by atoms with E-state index < -0.39 is 138 Å². The smallest absolute Gasteiger partial charge is 0.245 e. The first kappa shape index (κ1) is 80.2. The Morgan fingerprint density at radius 3 is 1.34 bits per heavy atom. The second-order valence-corrected chi connectivity index (χ2v) is 25.4. The molecule has 3 aromatic rings. The summed E-state index contributed by atoms with van der Waals surface area (Å²) in [6.07, 6.45) is -0.0983. The second kappa shape index (κ2) is 39.7. The molecule has 0 radical (unpaired) electrons. The van der Waals surface area contributed by atoms with Crippen LogP contribution in [0.4, 0.5) is 0 Å². The van der Waals surface area contributed by atoms with Gasteiger partial charge in [0.1, 0.15) is 71.6 Å². The number of aromatic hydroxyl groups is 3. The van der Waals surface area contributed by atoms with Crippen LogP contribution >= 0.6 is 0 Å². The molecule has 4 rings (SSSR count). The number of benzene rings is 3. The molecule has 0 saturated carbocycles. The molecule has 32 heteroatoms. The Labute approximate surface area is 570 Å². The highest BCUT2D eigenvalue weighted by atomic mass is 16.3. The fraction of sp³-hybridized carbons (Fsp3) is 0.530. The average molecular weight is 1370 g/mol. The van der Waals surface area contributed by atoms with Gasteiger partial charge in [0.05, 0.1) is 12.5 Å². The summed E-state index contributed by atoms with van der Waals surface area (Å²) in [6.45, 7) is 10.6. The number of phenols is 3. The quantitative estimate of drug-likeness (QED) is 0.0161. The van der Waals surface area contributed by atoms with E-state index >= 15 is 0 Å². The van der Waals surface area contributed by atoms with E-state index in [1.54, 1.807) is 65.8 Å². The second-order valence-electron chi connectivity index (χ2n) is 25.4. The van der Waals surface area contributed by atoms with Gasteiger partial charge in [-0.2, -0.15) is 0 Å². The van der Waals surface area contributed by atoms with Crippen LogP contribution in [0.5, 0.6) is 17.2 Å². The third-order valence-electron chi connectivity index (χ3n) is 16.3. The van der Waals surface area contributed by atoms with Crippen LogP contribution in [0.25, 0.3) is 0 Å². The third kappa shape index (κ3) is 27.5. The Bertz CT molecular complexity index is 3250. The minimum Gasteiger partial charge on any atom is -0.508 e. The zero-order valence-electron chi connectivity index (χ0n) is 56.5. The van der Waals surface area contributed by atoms with Crippen LogP contribution in [0.2, 0.25) is 0 Å². The summed E-state index contributed by atoms with van der Waals surface area (Å²) in [5.41, 5.74) is 41.5. The van der Waals surface area contributed by atoms with E-state index in [1.807, 2.05) is 0 Å². The molecule has 0 bridgehead atoms. The van der Waals surface area contributed by atoms with E-state index in [1.165, 1.54) is 53.4 Å². The third-order valence-corrected chi connectivity index (χ3v) is 16.3. The molecular formula is C66H100N18O14. The molecule has 0 aliphatic carbocycles. The van der Waals surface area contributed by atoms with Gasteiger partial charge in [-0.15, -0.1) is 0 Å². The molecule has 11 amide bonds. The van der Waals surface area contributed by atoms with Crippen LogP contribution in [0.15, 0.2) is 82.8 Å². The van der Waals surface area contributed by atoms with E-state index in [9.17, 15) is 68.1 Å². The normalized spacial score (nSPS) is 15.8. The lowest BCUT2D eigenvalue weighted by Gasteiger charge is -2.31. The van der Waals surface area contributed by atoms with Crippen molar-refractivity contribution in [2.24, 2.45) is 67.9 Å². The van der Waals surface area contributed by atoms with E-state index in [0.29, 0.717) is 29.5 Å². The minimum absolute atomic E-state index is 0.00302.